The molecule has 0 aliphatic carbocycles. The van der Waals surface area contributed by atoms with Crippen LogP contribution in [0.2, 0.25) is 0 Å². The van der Waals surface area contributed by atoms with Crippen molar-refractivity contribution < 1.29 is 19.1 Å². The molecule has 0 saturated heterocycles. The summed E-state index contributed by atoms with van der Waals surface area (Å²) < 4.78 is 12.6. The van der Waals surface area contributed by atoms with Gasteiger partial charge in [-0.15, -0.1) is 0 Å². The van der Waals surface area contributed by atoms with E-state index in [2.05, 4.69) is 4.98 Å². The number of fused-ring (bicyclic) bond motifs is 1. The third kappa shape index (κ3) is 4.38. The van der Waals surface area contributed by atoms with Gasteiger partial charge >= 0.3 is 0 Å². The van der Waals surface area contributed by atoms with Crippen molar-refractivity contribution in [1.29, 1.82) is 0 Å². The summed E-state index contributed by atoms with van der Waals surface area (Å²) in [4.78, 5) is 28.3. The van der Waals surface area contributed by atoms with Crippen molar-refractivity contribution in [2.24, 2.45) is 5.73 Å². The number of hydrogen-bond donors (Lipinski definition) is 1. The minimum absolute atomic E-state index is 0.0365. The highest BCUT2D eigenvalue weighted by molar-refractivity contribution is 6.00. The highest BCUT2D eigenvalue weighted by Gasteiger charge is 2.28. The van der Waals surface area contributed by atoms with Gasteiger partial charge in [0.05, 0.1) is 12.0 Å². The second kappa shape index (κ2) is 9.19. The molecule has 0 fully saturated rings. The Morgan fingerprint density at radius 1 is 0.941 bits per heavy atom. The number of ether oxygens (including phenoxy) is 2. The van der Waals surface area contributed by atoms with E-state index in [0.717, 1.165) is 16.7 Å². The molecule has 2 N–H and O–H groups in total. The topological polar surface area (TPSA) is 91.5 Å². The van der Waals surface area contributed by atoms with E-state index in [0.29, 0.717) is 29.0 Å². The van der Waals surface area contributed by atoms with Gasteiger partial charge in [-0.1, -0.05) is 42.5 Å². The Balaban J connectivity index is 1.46. The molecule has 3 aromatic carbocycles. The zero-order valence-corrected chi connectivity index (χ0v) is 18.3. The Bertz CT molecular complexity index is 1320. The summed E-state index contributed by atoms with van der Waals surface area (Å²) in [5, 5.41) is 0. The van der Waals surface area contributed by atoms with E-state index in [9.17, 15) is 9.59 Å². The van der Waals surface area contributed by atoms with Gasteiger partial charge in [0.1, 0.15) is 23.7 Å². The third-order valence-electron chi connectivity index (χ3n) is 5.83. The number of aromatic nitrogens is 1. The number of hydrogen-bond acceptors (Lipinski definition) is 5. The summed E-state index contributed by atoms with van der Waals surface area (Å²) in [7, 11) is 0. The quantitative estimate of drug-likeness (QED) is 0.444. The fraction of sp³-hybridized carbons (Fsp3) is 0.107. The Kier molecular flexibility index (Phi) is 5.79. The summed E-state index contributed by atoms with van der Waals surface area (Å²) in [5.74, 6) is 0.605. The van der Waals surface area contributed by atoms with Crippen LogP contribution in [0.3, 0.4) is 0 Å². The summed E-state index contributed by atoms with van der Waals surface area (Å²) >= 11 is 0. The Hall–Kier alpha value is -4.45. The van der Waals surface area contributed by atoms with Crippen molar-refractivity contribution in [1.82, 2.24) is 4.98 Å². The molecule has 6 nitrogen and oxygen atoms in total. The molecule has 0 spiro atoms. The van der Waals surface area contributed by atoms with E-state index in [1.165, 1.54) is 0 Å². The van der Waals surface area contributed by atoms with E-state index < -0.39 is 12.0 Å². The zero-order chi connectivity index (χ0) is 23.5. The molecule has 4 aromatic rings. The van der Waals surface area contributed by atoms with Crippen molar-refractivity contribution in [2.45, 2.75) is 18.6 Å². The normalized spacial score (nSPS) is 15.6. The highest BCUT2D eigenvalue weighted by atomic mass is 16.5. The van der Waals surface area contributed by atoms with Gasteiger partial charge in [-0.3, -0.25) is 14.6 Å². The molecule has 1 aromatic heterocycles. The van der Waals surface area contributed by atoms with Crippen LogP contribution in [0, 0.1) is 0 Å². The van der Waals surface area contributed by atoms with E-state index in [-0.39, 0.29) is 11.9 Å². The molecule has 1 aliphatic rings. The number of rotatable bonds is 6. The number of benzene rings is 3. The molecule has 168 valence electrons. The number of amides is 1. The van der Waals surface area contributed by atoms with Crippen LogP contribution in [0.15, 0.2) is 97.3 Å². The number of Topliss-reactive ketones (excluding diaryl/α,β-unsaturated/α-hetero) is 1. The van der Waals surface area contributed by atoms with Crippen LogP contribution in [0.1, 0.15) is 56.0 Å². The highest BCUT2D eigenvalue weighted by Crippen LogP contribution is 2.38. The summed E-state index contributed by atoms with van der Waals surface area (Å²) in [5.41, 5.74) is 9.04. The maximum atomic E-state index is 12.8. The van der Waals surface area contributed by atoms with Crippen LogP contribution in [0.25, 0.3) is 0 Å². The Morgan fingerprint density at radius 2 is 1.65 bits per heavy atom. The van der Waals surface area contributed by atoms with E-state index in [1.807, 2.05) is 54.6 Å². The SMILES string of the molecule is NC(=O)c1ccc([C@H](Oc2ccc3c(c2)O[C@H](c2ccccc2)CC3=O)c2ccncc2)cc1. The van der Waals surface area contributed by atoms with Crippen molar-refractivity contribution in [3.63, 3.8) is 0 Å². The maximum absolute atomic E-state index is 12.8. The van der Waals surface area contributed by atoms with Gasteiger partial charge in [-0.25, -0.2) is 0 Å². The Morgan fingerprint density at radius 3 is 2.35 bits per heavy atom. The lowest BCUT2D eigenvalue weighted by Gasteiger charge is -2.27. The molecule has 0 bridgehead atoms. The molecule has 6 heteroatoms. The number of carbonyl (C=O) groups excluding carboxylic acids is 2. The molecule has 1 aliphatic heterocycles. The van der Waals surface area contributed by atoms with Gasteiger partial charge in [0, 0.05) is 24.0 Å². The number of ketones is 1. The first-order valence-corrected chi connectivity index (χ1v) is 10.9. The molecule has 34 heavy (non-hydrogen) atoms. The fourth-order valence-electron chi connectivity index (χ4n) is 4.06. The molecular formula is C28H22N2O4. The molecular weight excluding hydrogens is 428 g/mol. The van der Waals surface area contributed by atoms with Crippen LogP contribution in [0.5, 0.6) is 11.5 Å². The third-order valence-corrected chi connectivity index (χ3v) is 5.83. The number of primary amides is 1. The molecule has 5 rings (SSSR count). The van der Waals surface area contributed by atoms with Gasteiger partial charge in [0.15, 0.2) is 5.78 Å². The summed E-state index contributed by atoms with van der Waals surface area (Å²) in [6, 6.07) is 25.7. The Labute approximate surface area is 197 Å². The second-order valence-corrected chi connectivity index (χ2v) is 8.07. The first-order chi connectivity index (χ1) is 16.6. The van der Waals surface area contributed by atoms with Crippen LogP contribution in [-0.4, -0.2) is 16.7 Å². The van der Waals surface area contributed by atoms with Crippen LogP contribution in [-0.2, 0) is 0 Å². The lowest BCUT2D eigenvalue weighted by Crippen LogP contribution is -2.20. The molecule has 1 amide bonds. The molecule has 0 radical (unpaired) electrons. The van der Waals surface area contributed by atoms with Gasteiger partial charge < -0.3 is 15.2 Å². The predicted octanol–water partition coefficient (Wildman–Crippen LogP) is 5.06. The number of nitrogens with zero attached hydrogens (tertiary/aromatic N) is 1. The largest absolute Gasteiger partial charge is 0.484 e. The van der Waals surface area contributed by atoms with Crippen LogP contribution >= 0.6 is 0 Å². The smallest absolute Gasteiger partial charge is 0.248 e. The van der Waals surface area contributed by atoms with Gasteiger partial charge in [-0.05, 0) is 53.1 Å². The second-order valence-electron chi connectivity index (χ2n) is 8.07. The standard InChI is InChI=1S/C28H22N2O4/c29-28(32)21-8-6-19(7-9-21)27(20-12-14-30-15-13-20)33-22-10-11-23-24(31)17-25(34-26(23)16-22)18-4-2-1-3-5-18/h1-16,25,27H,17H2,(H2,29,32)/t25-,27-/m0/s1. The van der Waals surface area contributed by atoms with Crippen molar-refractivity contribution in [3.05, 3.63) is 125 Å². The van der Waals surface area contributed by atoms with Crippen molar-refractivity contribution in [2.75, 3.05) is 0 Å². The van der Waals surface area contributed by atoms with Crippen molar-refractivity contribution >= 4 is 11.7 Å². The average molecular weight is 450 g/mol. The average Bonchev–Trinajstić information content (AvgIpc) is 2.88. The summed E-state index contributed by atoms with van der Waals surface area (Å²) in [6.45, 7) is 0. The fourth-order valence-corrected chi connectivity index (χ4v) is 4.06. The summed E-state index contributed by atoms with van der Waals surface area (Å²) in [6.07, 6.45) is 2.88. The van der Waals surface area contributed by atoms with Gasteiger partial charge in [0.2, 0.25) is 5.91 Å². The van der Waals surface area contributed by atoms with Gasteiger partial charge in [-0.2, -0.15) is 0 Å². The molecule has 0 unspecified atom stereocenters. The lowest BCUT2D eigenvalue weighted by atomic mass is 9.96. The van der Waals surface area contributed by atoms with Gasteiger partial charge in [0.25, 0.3) is 0 Å². The molecule has 0 saturated carbocycles. The van der Waals surface area contributed by atoms with E-state index in [1.54, 1.807) is 42.7 Å². The van der Waals surface area contributed by atoms with Crippen molar-refractivity contribution in [3.8, 4) is 11.5 Å². The monoisotopic (exact) mass is 450 g/mol. The number of carbonyl (C=O) groups is 2. The van der Waals surface area contributed by atoms with Crippen LogP contribution < -0.4 is 15.2 Å². The van der Waals surface area contributed by atoms with E-state index >= 15 is 0 Å². The van der Waals surface area contributed by atoms with E-state index in [4.69, 9.17) is 15.2 Å². The minimum atomic E-state index is -0.489. The lowest BCUT2D eigenvalue weighted by molar-refractivity contribution is 0.0848. The van der Waals surface area contributed by atoms with Crippen LogP contribution in [0.4, 0.5) is 0 Å². The zero-order valence-electron chi connectivity index (χ0n) is 18.3. The molecule has 2 atom stereocenters. The number of nitrogens with two attached hydrogens (primary N) is 1. The maximum Gasteiger partial charge on any atom is 0.248 e. The number of pyridine rings is 1. The first kappa shape index (κ1) is 21.4. The first-order valence-electron chi connectivity index (χ1n) is 10.9. The predicted molar refractivity (Wildman–Crippen MR) is 127 cm³/mol. The molecule has 2 heterocycles. The minimum Gasteiger partial charge on any atom is -0.484 e.